The van der Waals surface area contributed by atoms with E-state index in [0.717, 1.165) is 46.7 Å². The van der Waals surface area contributed by atoms with Gasteiger partial charge in [-0.05, 0) is 56.0 Å². The fourth-order valence-electron chi connectivity index (χ4n) is 3.73. The molecular formula is C23H21N5O. The summed E-state index contributed by atoms with van der Waals surface area (Å²) in [4.78, 5) is 25.1. The van der Waals surface area contributed by atoms with Crippen LogP contribution in [0.5, 0.6) is 0 Å². The van der Waals surface area contributed by atoms with Crippen LogP contribution in [0.2, 0.25) is 0 Å². The number of benzene rings is 2. The van der Waals surface area contributed by atoms with Gasteiger partial charge >= 0.3 is 0 Å². The van der Waals surface area contributed by atoms with Crippen LogP contribution in [0, 0.1) is 25.3 Å². The summed E-state index contributed by atoms with van der Waals surface area (Å²) in [6, 6.07) is 17.7. The second-order valence-corrected chi connectivity index (χ2v) is 7.12. The third-order valence-electron chi connectivity index (χ3n) is 5.00. The molecular weight excluding hydrogens is 362 g/mol. The number of hydrogen-bond acceptors (Lipinski definition) is 5. The van der Waals surface area contributed by atoms with Crippen LogP contribution in [0.4, 0.5) is 17.3 Å². The number of carbonyl (C=O) groups is 1. The molecule has 6 nitrogen and oxygen atoms in total. The van der Waals surface area contributed by atoms with Crippen molar-refractivity contribution in [1.29, 1.82) is 5.26 Å². The maximum Gasteiger partial charge on any atom is 0.252 e. The van der Waals surface area contributed by atoms with Crippen molar-refractivity contribution in [2.45, 2.75) is 26.7 Å². The molecule has 1 amide bonds. The number of aryl methyl sites for hydroxylation is 4. The fourth-order valence-corrected chi connectivity index (χ4v) is 3.73. The summed E-state index contributed by atoms with van der Waals surface area (Å²) in [7, 11) is 0. The zero-order valence-electron chi connectivity index (χ0n) is 16.5. The molecule has 0 bridgehead atoms. The quantitative estimate of drug-likeness (QED) is 0.507. The van der Waals surface area contributed by atoms with Crippen molar-refractivity contribution in [2.75, 3.05) is 16.3 Å². The first kappa shape index (κ1) is 18.6. The molecule has 0 saturated carbocycles. The fraction of sp³-hybridized carbons (Fsp3) is 0.217. The van der Waals surface area contributed by atoms with Crippen LogP contribution in [0.3, 0.4) is 0 Å². The number of hydrogen-bond donors (Lipinski definition) is 0. The third kappa shape index (κ3) is 3.67. The Balaban J connectivity index is 1.73. The molecule has 0 fully saturated rings. The Bertz CT molecular complexity index is 1050. The first-order chi connectivity index (χ1) is 14.1. The van der Waals surface area contributed by atoms with Gasteiger partial charge in [0.25, 0.3) is 5.91 Å². The van der Waals surface area contributed by atoms with E-state index in [2.05, 4.69) is 28.3 Å². The van der Waals surface area contributed by atoms with Gasteiger partial charge in [0.2, 0.25) is 5.95 Å². The Morgan fingerprint density at radius 3 is 2.03 bits per heavy atom. The number of anilines is 3. The Kier molecular flexibility index (Phi) is 4.96. The minimum Gasteiger partial charge on any atom is -0.279 e. The van der Waals surface area contributed by atoms with Crippen molar-refractivity contribution in [3.8, 4) is 6.19 Å². The number of aromatic nitrogens is 2. The summed E-state index contributed by atoms with van der Waals surface area (Å²) >= 11 is 0. The van der Waals surface area contributed by atoms with E-state index in [4.69, 9.17) is 0 Å². The summed E-state index contributed by atoms with van der Waals surface area (Å²) in [5.74, 6) is 0.0471. The number of nitriles is 1. The second kappa shape index (κ2) is 7.72. The van der Waals surface area contributed by atoms with Crippen LogP contribution in [-0.2, 0) is 17.6 Å². The summed E-state index contributed by atoms with van der Waals surface area (Å²) in [5.41, 5.74) is 5.46. The van der Waals surface area contributed by atoms with Crippen LogP contribution < -0.4 is 9.80 Å². The predicted molar refractivity (Wildman–Crippen MR) is 112 cm³/mol. The van der Waals surface area contributed by atoms with Crippen molar-refractivity contribution in [3.63, 3.8) is 0 Å². The van der Waals surface area contributed by atoms with Crippen molar-refractivity contribution in [2.24, 2.45) is 0 Å². The topological polar surface area (TPSA) is 73.1 Å². The monoisotopic (exact) mass is 383 g/mol. The number of rotatable bonds is 3. The minimum atomic E-state index is -0.198. The van der Waals surface area contributed by atoms with Crippen LogP contribution in [0.25, 0.3) is 0 Å². The van der Waals surface area contributed by atoms with Crippen LogP contribution in [0.1, 0.15) is 22.5 Å². The standard InChI is InChI=1S/C23H21N5O/c1-16-13-17(2)26-23(25-16)27(15-24)14-22(29)28-20-9-5-3-7-18(20)11-12-19-8-4-6-10-21(19)28/h3-10,13H,11-12,14H2,1-2H3. The molecule has 144 valence electrons. The molecule has 2 heterocycles. The number of para-hydroxylation sites is 2. The average molecular weight is 383 g/mol. The number of nitrogens with zero attached hydrogens (tertiary/aromatic N) is 5. The molecule has 29 heavy (non-hydrogen) atoms. The Hall–Kier alpha value is -3.72. The van der Waals surface area contributed by atoms with Gasteiger partial charge in [0.15, 0.2) is 6.19 Å². The molecule has 0 saturated heterocycles. The lowest BCUT2D eigenvalue weighted by Crippen LogP contribution is -2.37. The zero-order chi connectivity index (χ0) is 20.4. The molecule has 0 N–H and O–H groups in total. The van der Waals surface area contributed by atoms with Gasteiger partial charge in [-0.15, -0.1) is 0 Å². The lowest BCUT2D eigenvalue weighted by Gasteiger charge is -2.26. The van der Waals surface area contributed by atoms with Gasteiger partial charge in [0.1, 0.15) is 6.54 Å². The molecule has 0 aliphatic carbocycles. The Labute approximate surface area is 170 Å². The highest BCUT2D eigenvalue weighted by Gasteiger charge is 2.27. The molecule has 6 heteroatoms. The van der Waals surface area contributed by atoms with Crippen molar-refractivity contribution < 1.29 is 4.79 Å². The van der Waals surface area contributed by atoms with Gasteiger partial charge in [-0.1, -0.05) is 36.4 Å². The lowest BCUT2D eigenvalue weighted by molar-refractivity contribution is -0.116. The number of fused-ring (bicyclic) bond motifs is 2. The van der Waals surface area contributed by atoms with E-state index >= 15 is 0 Å². The molecule has 0 unspecified atom stereocenters. The Morgan fingerprint density at radius 2 is 1.52 bits per heavy atom. The normalized spacial score (nSPS) is 12.4. The SMILES string of the molecule is Cc1cc(C)nc(N(C#N)CC(=O)N2c3ccccc3CCc3ccccc32)n1. The van der Waals surface area contributed by atoms with Crippen molar-refractivity contribution in [1.82, 2.24) is 9.97 Å². The molecule has 3 aromatic rings. The maximum absolute atomic E-state index is 13.5. The van der Waals surface area contributed by atoms with Gasteiger partial charge in [-0.2, -0.15) is 5.26 Å². The molecule has 1 aromatic heterocycles. The summed E-state index contributed by atoms with van der Waals surface area (Å²) in [5, 5.41) is 9.68. The van der Waals surface area contributed by atoms with Gasteiger partial charge in [0.05, 0.1) is 11.4 Å². The van der Waals surface area contributed by atoms with E-state index in [0.29, 0.717) is 0 Å². The molecule has 4 rings (SSSR count). The van der Waals surface area contributed by atoms with Gasteiger partial charge < -0.3 is 0 Å². The van der Waals surface area contributed by atoms with E-state index in [1.165, 1.54) is 4.90 Å². The number of carbonyl (C=O) groups excluding carboxylic acids is 1. The summed E-state index contributed by atoms with van der Waals surface area (Å²) < 4.78 is 0. The molecule has 2 aromatic carbocycles. The van der Waals surface area contributed by atoms with Crippen LogP contribution in [0.15, 0.2) is 54.6 Å². The summed E-state index contributed by atoms with van der Waals surface area (Å²) in [6.07, 6.45) is 3.79. The highest BCUT2D eigenvalue weighted by atomic mass is 16.2. The van der Waals surface area contributed by atoms with Crippen molar-refractivity contribution >= 4 is 23.2 Å². The first-order valence-corrected chi connectivity index (χ1v) is 9.55. The second-order valence-electron chi connectivity index (χ2n) is 7.12. The third-order valence-corrected chi connectivity index (χ3v) is 5.00. The van der Waals surface area contributed by atoms with Crippen molar-refractivity contribution in [3.05, 3.63) is 77.1 Å². The average Bonchev–Trinajstić information content (AvgIpc) is 2.88. The minimum absolute atomic E-state index is 0.137. The summed E-state index contributed by atoms with van der Waals surface area (Å²) in [6.45, 7) is 3.55. The molecule has 0 spiro atoms. The lowest BCUT2D eigenvalue weighted by atomic mass is 10.0. The highest BCUT2D eigenvalue weighted by molar-refractivity contribution is 6.04. The maximum atomic E-state index is 13.5. The van der Waals surface area contributed by atoms with E-state index in [1.54, 1.807) is 4.90 Å². The highest BCUT2D eigenvalue weighted by Crippen LogP contribution is 2.36. The van der Waals surface area contributed by atoms with Gasteiger partial charge in [-0.25, -0.2) is 14.9 Å². The molecule has 0 radical (unpaired) electrons. The smallest absolute Gasteiger partial charge is 0.252 e. The van der Waals surface area contributed by atoms with Gasteiger partial charge in [0, 0.05) is 11.4 Å². The molecule has 1 aliphatic rings. The number of amides is 1. The molecule has 1 aliphatic heterocycles. The van der Waals surface area contributed by atoms with E-state index in [-0.39, 0.29) is 18.4 Å². The Morgan fingerprint density at radius 1 is 1.00 bits per heavy atom. The molecule has 0 atom stereocenters. The van der Waals surface area contributed by atoms with Gasteiger partial charge in [-0.3, -0.25) is 9.69 Å². The largest absolute Gasteiger partial charge is 0.279 e. The van der Waals surface area contributed by atoms with E-state index in [9.17, 15) is 10.1 Å². The van der Waals surface area contributed by atoms with E-state index in [1.807, 2.05) is 56.3 Å². The zero-order valence-corrected chi connectivity index (χ0v) is 16.5. The van der Waals surface area contributed by atoms with E-state index < -0.39 is 0 Å². The van der Waals surface area contributed by atoms with Crippen LogP contribution >= 0.6 is 0 Å². The first-order valence-electron chi connectivity index (χ1n) is 9.55. The van der Waals surface area contributed by atoms with Crippen LogP contribution in [-0.4, -0.2) is 22.4 Å². The predicted octanol–water partition coefficient (Wildman–Crippen LogP) is 3.84.